The Bertz CT molecular complexity index is 979. The molecule has 26 heavy (non-hydrogen) atoms. The number of nitrogens with one attached hydrogen (secondary N) is 1. The van der Waals surface area contributed by atoms with Gasteiger partial charge in [0, 0.05) is 24.2 Å². The Morgan fingerprint density at radius 3 is 2.31 bits per heavy atom. The van der Waals surface area contributed by atoms with Crippen LogP contribution in [0.25, 0.3) is 0 Å². The molecule has 0 radical (unpaired) electrons. The van der Waals surface area contributed by atoms with E-state index in [0.29, 0.717) is 22.6 Å². The van der Waals surface area contributed by atoms with Crippen LogP contribution in [0.1, 0.15) is 15.9 Å². The maximum absolute atomic E-state index is 12.6. The molecule has 0 spiro atoms. The van der Waals surface area contributed by atoms with Gasteiger partial charge < -0.3 is 9.47 Å². The highest BCUT2D eigenvalue weighted by atomic mass is 32.2. The molecule has 3 rings (SSSR count). The van der Waals surface area contributed by atoms with Crippen LogP contribution in [-0.2, 0) is 10.0 Å². The van der Waals surface area contributed by atoms with Gasteiger partial charge in [-0.3, -0.25) is 15.2 Å². The normalized spacial score (nSPS) is 14.2. The van der Waals surface area contributed by atoms with E-state index in [4.69, 9.17) is 9.47 Å². The van der Waals surface area contributed by atoms with E-state index in [9.17, 15) is 13.2 Å². The molecular formula is C17H17N3O5S. The van der Waals surface area contributed by atoms with Gasteiger partial charge in [0.1, 0.15) is 16.4 Å². The molecule has 9 heteroatoms. The van der Waals surface area contributed by atoms with Gasteiger partial charge in [-0.15, -0.1) is 4.40 Å². The summed E-state index contributed by atoms with van der Waals surface area (Å²) in [6, 6.07) is 11.2. The molecule has 1 heterocycles. The topological polar surface area (TPSA) is 97.3 Å². The van der Waals surface area contributed by atoms with E-state index in [2.05, 4.69) is 9.82 Å². The van der Waals surface area contributed by atoms with Gasteiger partial charge in [-0.05, 0) is 24.3 Å². The lowest BCUT2D eigenvalue weighted by Gasteiger charge is -2.20. The number of hydrazine groups is 1. The summed E-state index contributed by atoms with van der Waals surface area (Å²) in [5.74, 6) is 0.601. The molecule has 1 aliphatic heterocycles. The second-order valence-corrected chi connectivity index (χ2v) is 7.06. The SMILES string of the molecule is COc1cc(OC)cc(C(=O)NN(C)C2=NS(=O)(=O)c3ccccc32)c1. The number of benzene rings is 2. The number of amidine groups is 1. The number of amides is 1. The van der Waals surface area contributed by atoms with Crippen molar-refractivity contribution in [2.75, 3.05) is 21.3 Å². The Morgan fingerprint density at radius 1 is 1.08 bits per heavy atom. The van der Waals surface area contributed by atoms with E-state index in [-0.39, 0.29) is 10.7 Å². The van der Waals surface area contributed by atoms with Crippen LogP contribution in [0.2, 0.25) is 0 Å². The number of nitrogens with zero attached hydrogens (tertiary/aromatic N) is 2. The average Bonchev–Trinajstić information content (AvgIpc) is 2.92. The summed E-state index contributed by atoms with van der Waals surface area (Å²) in [6.45, 7) is 0. The Hall–Kier alpha value is -3.07. The van der Waals surface area contributed by atoms with Crippen LogP contribution in [0.3, 0.4) is 0 Å². The van der Waals surface area contributed by atoms with Crippen LogP contribution in [0.5, 0.6) is 11.5 Å². The summed E-state index contributed by atoms with van der Waals surface area (Å²) in [7, 11) is 0.721. The quantitative estimate of drug-likeness (QED) is 0.815. The lowest BCUT2D eigenvalue weighted by Crippen LogP contribution is -2.43. The lowest BCUT2D eigenvalue weighted by molar-refractivity contribution is 0.0886. The molecule has 0 atom stereocenters. The Morgan fingerprint density at radius 2 is 1.69 bits per heavy atom. The number of methoxy groups -OCH3 is 2. The van der Waals surface area contributed by atoms with Crippen molar-refractivity contribution in [3.63, 3.8) is 0 Å². The third-order valence-corrected chi connectivity index (χ3v) is 5.14. The highest BCUT2D eigenvalue weighted by molar-refractivity contribution is 7.90. The highest BCUT2D eigenvalue weighted by Crippen LogP contribution is 2.27. The Labute approximate surface area is 151 Å². The molecular weight excluding hydrogens is 358 g/mol. The number of fused-ring (bicyclic) bond motifs is 1. The summed E-state index contributed by atoms with van der Waals surface area (Å²) >= 11 is 0. The van der Waals surface area contributed by atoms with Crippen LogP contribution in [0.15, 0.2) is 51.8 Å². The smallest absolute Gasteiger partial charge is 0.285 e. The summed E-state index contributed by atoms with van der Waals surface area (Å²) in [5.41, 5.74) is 3.33. The fourth-order valence-corrected chi connectivity index (χ4v) is 3.77. The number of hydrogen-bond donors (Lipinski definition) is 1. The zero-order valence-electron chi connectivity index (χ0n) is 14.4. The second-order valence-electron chi connectivity index (χ2n) is 5.49. The highest BCUT2D eigenvalue weighted by Gasteiger charge is 2.31. The van der Waals surface area contributed by atoms with Gasteiger partial charge in [-0.1, -0.05) is 12.1 Å². The molecule has 2 aromatic rings. The van der Waals surface area contributed by atoms with Crippen molar-refractivity contribution < 1.29 is 22.7 Å². The number of sulfonamides is 1. The zero-order chi connectivity index (χ0) is 18.9. The number of rotatable bonds is 3. The molecule has 1 amide bonds. The number of hydrogen-bond acceptors (Lipinski definition) is 6. The van der Waals surface area contributed by atoms with Crippen LogP contribution < -0.4 is 14.9 Å². The Balaban J connectivity index is 1.87. The van der Waals surface area contributed by atoms with Crippen molar-refractivity contribution in [3.8, 4) is 11.5 Å². The summed E-state index contributed by atoms with van der Waals surface area (Å²) in [6.07, 6.45) is 0. The molecule has 8 nitrogen and oxygen atoms in total. The maximum atomic E-state index is 12.6. The standard InChI is InChI=1S/C17H17N3O5S/c1-20(16-14-6-4-5-7-15(14)26(22,23)19-16)18-17(21)11-8-12(24-2)10-13(9-11)25-3/h4-10H,1-3H3,(H,18,21). The first-order valence-electron chi connectivity index (χ1n) is 7.58. The van der Waals surface area contributed by atoms with Gasteiger partial charge in [-0.2, -0.15) is 8.42 Å². The predicted octanol–water partition coefficient (Wildman–Crippen LogP) is 1.43. The molecule has 2 aromatic carbocycles. The van der Waals surface area contributed by atoms with Crippen LogP contribution >= 0.6 is 0 Å². The third-order valence-electron chi connectivity index (χ3n) is 3.81. The average molecular weight is 375 g/mol. The molecule has 1 aliphatic rings. The van der Waals surface area contributed by atoms with E-state index < -0.39 is 15.9 Å². The molecule has 0 saturated heterocycles. The van der Waals surface area contributed by atoms with Gasteiger partial charge in [0.25, 0.3) is 15.9 Å². The van der Waals surface area contributed by atoms with E-state index in [0.717, 1.165) is 0 Å². The molecule has 0 aromatic heterocycles. The summed E-state index contributed by atoms with van der Waals surface area (Å²) < 4.78 is 38.3. The van der Waals surface area contributed by atoms with E-state index in [1.165, 1.54) is 32.3 Å². The van der Waals surface area contributed by atoms with E-state index >= 15 is 0 Å². The minimum atomic E-state index is -3.77. The lowest BCUT2D eigenvalue weighted by atomic mass is 10.2. The molecule has 0 bridgehead atoms. The monoisotopic (exact) mass is 375 g/mol. The Kier molecular flexibility index (Phi) is 4.56. The van der Waals surface area contributed by atoms with Crippen molar-refractivity contribution >= 4 is 21.8 Å². The molecule has 1 N–H and O–H groups in total. The van der Waals surface area contributed by atoms with Crippen LogP contribution in [0.4, 0.5) is 0 Å². The maximum Gasteiger partial charge on any atom is 0.285 e. The second kappa shape index (κ2) is 6.68. The van der Waals surface area contributed by atoms with Crippen LogP contribution in [0, 0.1) is 0 Å². The van der Waals surface area contributed by atoms with Crippen molar-refractivity contribution in [1.82, 2.24) is 10.4 Å². The first kappa shape index (κ1) is 17.7. The van der Waals surface area contributed by atoms with Crippen molar-refractivity contribution in [3.05, 3.63) is 53.6 Å². The van der Waals surface area contributed by atoms with Gasteiger partial charge in [0.2, 0.25) is 0 Å². The summed E-state index contributed by atoms with van der Waals surface area (Å²) in [5, 5.41) is 1.28. The summed E-state index contributed by atoms with van der Waals surface area (Å²) in [4.78, 5) is 12.7. The van der Waals surface area contributed by atoms with Gasteiger partial charge >= 0.3 is 0 Å². The third kappa shape index (κ3) is 3.21. The number of carbonyl (C=O) groups excluding carboxylic acids is 1. The van der Waals surface area contributed by atoms with Gasteiger partial charge in [0.05, 0.1) is 14.2 Å². The van der Waals surface area contributed by atoms with E-state index in [1.54, 1.807) is 36.4 Å². The number of carbonyl (C=O) groups is 1. The fraction of sp³-hybridized carbons (Fsp3) is 0.176. The molecule has 0 unspecified atom stereocenters. The van der Waals surface area contributed by atoms with Crippen molar-refractivity contribution in [2.45, 2.75) is 4.90 Å². The van der Waals surface area contributed by atoms with Gasteiger partial charge in [0.15, 0.2) is 5.84 Å². The molecule has 0 aliphatic carbocycles. The predicted molar refractivity (Wildman–Crippen MR) is 94.9 cm³/mol. The van der Waals surface area contributed by atoms with Crippen molar-refractivity contribution in [1.29, 1.82) is 0 Å². The van der Waals surface area contributed by atoms with E-state index in [1.807, 2.05) is 0 Å². The molecule has 136 valence electrons. The molecule has 0 saturated carbocycles. The van der Waals surface area contributed by atoms with Gasteiger partial charge in [-0.25, -0.2) is 0 Å². The number of ether oxygens (including phenoxy) is 2. The minimum Gasteiger partial charge on any atom is -0.497 e. The molecule has 0 fully saturated rings. The largest absolute Gasteiger partial charge is 0.497 e. The van der Waals surface area contributed by atoms with Crippen molar-refractivity contribution in [2.24, 2.45) is 4.40 Å². The fourth-order valence-electron chi connectivity index (χ4n) is 2.54. The van der Waals surface area contributed by atoms with Crippen LogP contribution in [-0.4, -0.2) is 46.4 Å². The first-order chi connectivity index (χ1) is 12.4. The zero-order valence-corrected chi connectivity index (χ0v) is 15.2. The minimum absolute atomic E-state index is 0.110. The first-order valence-corrected chi connectivity index (χ1v) is 9.02.